The molecule has 0 aliphatic carbocycles. The Morgan fingerprint density at radius 3 is 2.61 bits per heavy atom. The van der Waals surface area contributed by atoms with Gasteiger partial charge in [-0.2, -0.15) is 0 Å². The maximum absolute atomic E-state index is 12.5. The number of fused-ring (bicyclic) bond motifs is 1. The molecule has 0 saturated carbocycles. The Hall–Kier alpha value is -3.42. The Bertz CT molecular complexity index is 881. The molecule has 0 atom stereocenters. The van der Waals surface area contributed by atoms with Gasteiger partial charge in [-0.05, 0) is 44.2 Å². The van der Waals surface area contributed by atoms with Gasteiger partial charge in [0, 0.05) is 23.4 Å². The van der Waals surface area contributed by atoms with E-state index in [0.29, 0.717) is 34.2 Å². The lowest BCUT2D eigenvalue weighted by Gasteiger charge is -2.13. The maximum Gasteiger partial charge on any atom is 0.258 e. The van der Waals surface area contributed by atoms with Crippen LogP contribution < -0.4 is 29.6 Å². The molecule has 148 valence electrons. The van der Waals surface area contributed by atoms with E-state index in [4.69, 9.17) is 18.9 Å². The third-order valence-corrected chi connectivity index (χ3v) is 3.86. The van der Waals surface area contributed by atoms with Gasteiger partial charge in [0.25, 0.3) is 11.8 Å². The first-order valence-corrected chi connectivity index (χ1v) is 8.77. The van der Waals surface area contributed by atoms with Crippen LogP contribution in [-0.4, -0.2) is 38.4 Å². The summed E-state index contributed by atoms with van der Waals surface area (Å²) >= 11 is 0. The smallest absolute Gasteiger partial charge is 0.258 e. The van der Waals surface area contributed by atoms with Crippen LogP contribution in [0.15, 0.2) is 36.4 Å². The van der Waals surface area contributed by atoms with E-state index >= 15 is 0 Å². The van der Waals surface area contributed by atoms with Crippen molar-refractivity contribution in [1.82, 2.24) is 5.32 Å². The number of amides is 2. The lowest BCUT2D eigenvalue weighted by atomic mass is 10.1. The van der Waals surface area contributed by atoms with Gasteiger partial charge in [-0.25, -0.2) is 0 Å². The van der Waals surface area contributed by atoms with E-state index in [1.165, 1.54) is 7.11 Å². The second-order valence-corrected chi connectivity index (χ2v) is 6.40. The molecule has 3 rings (SSSR count). The zero-order valence-electron chi connectivity index (χ0n) is 15.9. The van der Waals surface area contributed by atoms with Crippen LogP contribution in [0, 0.1) is 0 Å². The minimum Gasteiger partial charge on any atom is -0.493 e. The van der Waals surface area contributed by atoms with Gasteiger partial charge >= 0.3 is 0 Å². The van der Waals surface area contributed by atoms with E-state index in [2.05, 4.69) is 10.6 Å². The summed E-state index contributed by atoms with van der Waals surface area (Å²) in [5.41, 5.74) is 0.965. The Kier molecular flexibility index (Phi) is 5.88. The molecular weight excluding hydrogens is 364 g/mol. The third-order valence-electron chi connectivity index (χ3n) is 3.86. The van der Waals surface area contributed by atoms with Crippen molar-refractivity contribution in [3.8, 4) is 23.0 Å². The predicted molar refractivity (Wildman–Crippen MR) is 102 cm³/mol. The standard InChI is InChI=1S/C20H22N2O6/c1-12(2)21-19(23)10-26-15-6-4-13(8-17(15)25-3)20(24)22-14-5-7-16-18(9-14)28-11-27-16/h4-9,12H,10-11H2,1-3H3,(H,21,23)(H,22,24). The first kappa shape index (κ1) is 19.3. The normalized spacial score (nSPS) is 11.9. The van der Waals surface area contributed by atoms with E-state index in [-0.39, 0.29) is 31.3 Å². The zero-order chi connectivity index (χ0) is 20.1. The first-order valence-electron chi connectivity index (χ1n) is 8.77. The highest BCUT2D eigenvalue weighted by atomic mass is 16.7. The van der Waals surface area contributed by atoms with E-state index in [1.54, 1.807) is 36.4 Å². The Morgan fingerprint density at radius 2 is 1.86 bits per heavy atom. The monoisotopic (exact) mass is 386 g/mol. The van der Waals surface area contributed by atoms with Crippen LogP contribution in [0.1, 0.15) is 24.2 Å². The van der Waals surface area contributed by atoms with Crippen molar-refractivity contribution in [2.45, 2.75) is 19.9 Å². The highest BCUT2D eigenvalue weighted by Crippen LogP contribution is 2.34. The number of hydrogen-bond acceptors (Lipinski definition) is 6. The molecule has 0 saturated heterocycles. The Morgan fingerprint density at radius 1 is 1.07 bits per heavy atom. The van der Waals surface area contributed by atoms with Crippen molar-refractivity contribution in [3.05, 3.63) is 42.0 Å². The van der Waals surface area contributed by atoms with Gasteiger partial charge in [-0.1, -0.05) is 0 Å². The molecule has 0 aromatic heterocycles. The lowest BCUT2D eigenvalue weighted by Crippen LogP contribution is -2.34. The summed E-state index contributed by atoms with van der Waals surface area (Å²) in [5, 5.41) is 5.53. The van der Waals surface area contributed by atoms with Gasteiger partial charge in [0.15, 0.2) is 29.6 Å². The number of benzene rings is 2. The number of carbonyl (C=O) groups is 2. The fourth-order valence-electron chi connectivity index (χ4n) is 2.61. The number of hydrogen-bond donors (Lipinski definition) is 2. The molecule has 1 aliphatic rings. The number of carbonyl (C=O) groups excluding carboxylic acids is 2. The number of anilines is 1. The predicted octanol–water partition coefficient (Wildman–Crippen LogP) is 2.58. The summed E-state index contributed by atoms with van der Waals surface area (Å²) in [6, 6.07) is 9.93. The summed E-state index contributed by atoms with van der Waals surface area (Å²) in [4.78, 5) is 24.3. The minimum atomic E-state index is -0.318. The van der Waals surface area contributed by atoms with Crippen LogP contribution in [-0.2, 0) is 4.79 Å². The second-order valence-electron chi connectivity index (χ2n) is 6.40. The SMILES string of the molecule is COc1cc(C(=O)Nc2ccc3c(c2)OCO3)ccc1OCC(=O)NC(C)C. The molecule has 2 amide bonds. The second kappa shape index (κ2) is 8.51. The van der Waals surface area contributed by atoms with E-state index in [1.807, 2.05) is 13.8 Å². The van der Waals surface area contributed by atoms with E-state index < -0.39 is 0 Å². The van der Waals surface area contributed by atoms with Gasteiger partial charge in [0.05, 0.1) is 7.11 Å². The number of rotatable bonds is 7. The zero-order valence-corrected chi connectivity index (χ0v) is 15.9. The summed E-state index contributed by atoms with van der Waals surface area (Å²) in [7, 11) is 1.47. The van der Waals surface area contributed by atoms with Crippen LogP contribution in [0.25, 0.3) is 0 Å². The van der Waals surface area contributed by atoms with E-state index in [0.717, 1.165) is 0 Å². The molecule has 1 aliphatic heterocycles. The molecule has 0 fully saturated rings. The van der Waals surface area contributed by atoms with Gasteiger partial charge in [-0.3, -0.25) is 9.59 Å². The minimum absolute atomic E-state index is 0.0280. The average molecular weight is 386 g/mol. The van der Waals surface area contributed by atoms with Crippen LogP contribution in [0.2, 0.25) is 0 Å². The summed E-state index contributed by atoms with van der Waals surface area (Å²) in [6.07, 6.45) is 0. The molecule has 0 unspecified atom stereocenters. The fraction of sp³-hybridized carbons (Fsp3) is 0.300. The van der Waals surface area contributed by atoms with Crippen LogP contribution >= 0.6 is 0 Å². The molecule has 28 heavy (non-hydrogen) atoms. The summed E-state index contributed by atoms with van der Waals surface area (Å²) in [6.45, 7) is 3.76. The van der Waals surface area contributed by atoms with Gasteiger partial charge in [0.1, 0.15) is 0 Å². The molecule has 0 spiro atoms. The van der Waals surface area contributed by atoms with Crippen LogP contribution in [0.4, 0.5) is 5.69 Å². The van der Waals surface area contributed by atoms with Gasteiger partial charge < -0.3 is 29.6 Å². The topological polar surface area (TPSA) is 95.1 Å². The van der Waals surface area contributed by atoms with Crippen molar-refractivity contribution < 1.29 is 28.5 Å². The molecule has 2 N–H and O–H groups in total. The Balaban J connectivity index is 1.67. The fourth-order valence-corrected chi connectivity index (χ4v) is 2.61. The number of methoxy groups -OCH3 is 1. The third kappa shape index (κ3) is 4.64. The molecule has 8 heteroatoms. The summed E-state index contributed by atoms with van der Waals surface area (Å²) < 4.78 is 21.3. The van der Waals surface area contributed by atoms with Crippen molar-refractivity contribution in [1.29, 1.82) is 0 Å². The lowest BCUT2D eigenvalue weighted by molar-refractivity contribution is -0.123. The van der Waals surface area contributed by atoms with Crippen molar-refractivity contribution in [2.75, 3.05) is 25.8 Å². The molecule has 1 heterocycles. The van der Waals surface area contributed by atoms with Gasteiger partial charge in [0.2, 0.25) is 6.79 Å². The first-order chi connectivity index (χ1) is 13.5. The van der Waals surface area contributed by atoms with Gasteiger partial charge in [-0.15, -0.1) is 0 Å². The molecule has 2 aromatic carbocycles. The van der Waals surface area contributed by atoms with Crippen molar-refractivity contribution in [3.63, 3.8) is 0 Å². The maximum atomic E-state index is 12.5. The van der Waals surface area contributed by atoms with Crippen LogP contribution in [0.5, 0.6) is 23.0 Å². The largest absolute Gasteiger partial charge is 0.493 e. The molecule has 0 radical (unpaired) electrons. The number of ether oxygens (including phenoxy) is 4. The molecular formula is C20H22N2O6. The molecule has 2 aromatic rings. The summed E-state index contributed by atoms with van der Waals surface area (Å²) in [5.74, 6) is 1.40. The molecule has 8 nitrogen and oxygen atoms in total. The highest BCUT2D eigenvalue weighted by molar-refractivity contribution is 6.04. The van der Waals surface area contributed by atoms with E-state index in [9.17, 15) is 9.59 Å². The molecule has 0 bridgehead atoms. The number of nitrogens with one attached hydrogen (secondary N) is 2. The average Bonchev–Trinajstić information content (AvgIpc) is 3.13. The Labute approximate surface area is 162 Å². The highest BCUT2D eigenvalue weighted by Gasteiger charge is 2.16. The van der Waals surface area contributed by atoms with Crippen LogP contribution in [0.3, 0.4) is 0 Å². The quantitative estimate of drug-likeness (QED) is 0.760. The van der Waals surface area contributed by atoms with Crippen molar-refractivity contribution >= 4 is 17.5 Å². The van der Waals surface area contributed by atoms with Crippen molar-refractivity contribution in [2.24, 2.45) is 0 Å².